The molecule has 1 heterocycles. The molecule has 0 unspecified atom stereocenters. The summed E-state index contributed by atoms with van der Waals surface area (Å²) in [6.07, 6.45) is -0.875. The van der Waals surface area contributed by atoms with Gasteiger partial charge in [0.1, 0.15) is 17.9 Å². The van der Waals surface area contributed by atoms with Gasteiger partial charge in [-0.05, 0) is 49.7 Å². The molecule has 2 atom stereocenters. The number of rotatable bonds is 5. The molecule has 0 bridgehead atoms. The van der Waals surface area contributed by atoms with E-state index in [9.17, 15) is 9.50 Å². The van der Waals surface area contributed by atoms with E-state index in [0.717, 1.165) is 0 Å². The fourth-order valence-corrected chi connectivity index (χ4v) is 2.79. The molecule has 0 fully saturated rings. The zero-order valence-electron chi connectivity index (χ0n) is 14.6. The molecular weight excluding hydrogens is 371 g/mol. The molecule has 27 heavy (non-hydrogen) atoms. The lowest BCUT2D eigenvalue weighted by atomic mass is 10.1. The normalized spacial score (nSPS) is 13.0. The fraction of sp³-hybridized carbons (Fsp3) is 0.211. The van der Waals surface area contributed by atoms with Crippen molar-refractivity contribution in [2.75, 3.05) is 5.32 Å². The Balaban J connectivity index is 1.92. The number of aliphatic hydroxyl groups excluding tert-OH is 1. The first kappa shape index (κ1) is 18.8. The number of halogens is 2. The Morgan fingerprint density at radius 1 is 1.30 bits per heavy atom. The van der Waals surface area contributed by atoms with Crippen molar-refractivity contribution < 1.29 is 13.9 Å². The number of aromatic nitrogens is 2. The lowest BCUT2D eigenvalue weighted by molar-refractivity contribution is 0.159. The highest BCUT2D eigenvalue weighted by atomic mass is 35.5. The SMILES string of the molecule is Cc1c(N[C@@H](c2nnc(-c3cccc(F)c3)o2)[C@H](C)O)ccc(C#N)c1Cl. The van der Waals surface area contributed by atoms with Crippen molar-refractivity contribution in [3.63, 3.8) is 0 Å². The van der Waals surface area contributed by atoms with Crippen LogP contribution in [0.4, 0.5) is 10.1 Å². The third-order valence-corrected chi connectivity index (χ3v) is 4.57. The van der Waals surface area contributed by atoms with Crippen molar-refractivity contribution in [3.8, 4) is 17.5 Å². The smallest absolute Gasteiger partial charge is 0.247 e. The third-order valence-electron chi connectivity index (χ3n) is 4.08. The van der Waals surface area contributed by atoms with Crippen molar-refractivity contribution in [1.29, 1.82) is 5.26 Å². The monoisotopic (exact) mass is 386 g/mol. The van der Waals surface area contributed by atoms with Crippen molar-refractivity contribution in [3.05, 3.63) is 64.3 Å². The van der Waals surface area contributed by atoms with Crippen molar-refractivity contribution in [2.24, 2.45) is 0 Å². The molecule has 0 aliphatic carbocycles. The van der Waals surface area contributed by atoms with E-state index in [4.69, 9.17) is 21.3 Å². The van der Waals surface area contributed by atoms with Gasteiger partial charge in [-0.25, -0.2) is 4.39 Å². The Bertz CT molecular complexity index is 1010. The van der Waals surface area contributed by atoms with E-state index in [1.807, 2.05) is 6.07 Å². The van der Waals surface area contributed by atoms with Gasteiger partial charge in [-0.15, -0.1) is 10.2 Å². The predicted molar refractivity (Wildman–Crippen MR) is 98.6 cm³/mol. The van der Waals surface area contributed by atoms with Gasteiger partial charge in [0.15, 0.2) is 0 Å². The van der Waals surface area contributed by atoms with Gasteiger partial charge in [-0.3, -0.25) is 0 Å². The number of hydrogen-bond acceptors (Lipinski definition) is 6. The van der Waals surface area contributed by atoms with E-state index in [2.05, 4.69) is 15.5 Å². The van der Waals surface area contributed by atoms with Gasteiger partial charge < -0.3 is 14.8 Å². The van der Waals surface area contributed by atoms with Crippen LogP contribution in [-0.2, 0) is 0 Å². The summed E-state index contributed by atoms with van der Waals surface area (Å²) in [5.74, 6) is -0.129. The van der Waals surface area contributed by atoms with Crippen molar-refractivity contribution in [1.82, 2.24) is 10.2 Å². The molecule has 0 amide bonds. The highest BCUT2D eigenvalue weighted by molar-refractivity contribution is 6.32. The molecule has 0 saturated heterocycles. The first-order chi connectivity index (χ1) is 12.9. The third kappa shape index (κ3) is 3.92. The van der Waals surface area contributed by atoms with Gasteiger partial charge in [0.05, 0.1) is 16.7 Å². The summed E-state index contributed by atoms with van der Waals surface area (Å²) < 4.78 is 19.0. The minimum absolute atomic E-state index is 0.143. The molecule has 0 aliphatic heterocycles. The Kier molecular flexibility index (Phi) is 5.40. The average molecular weight is 387 g/mol. The molecule has 6 nitrogen and oxygen atoms in total. The van der Waals surface area contributed by atoms with Gasteiger partial charge >= 0.3 is 0 Å². The van der Waals surface area contributed by atoms with Crippen LogP contribution >= 0.6 is 11.6 Å². The lowest BCUT2D eigenvalue weighted by Crippen LogP contribution is -2.23. The molecule has 8 heteroatoms. The van der Waals surface area contributed by atoms with Gasteiger partial charge in [0.2, 0.25) is 11.8 Å². The Morgan fingerprint density at radius 2 is 2.07 bits per heavy atom. The number of nitrogens with one attached hydrogen (secondary N) is 1. The predicted octanol–water partition coefficient (Wildman–Crippen LogP) is 4.24. The molecule has 0 spiro atoms. The molecule has 2 N–H and O–H groups in total. The van der Waals surface area contributed by atoms with Gasteiger partial charge in [-0.2, -0.15) is 5.26 Å². The standard InChI is InChI=1S/C19H16ClFN4O2/c1-10-15(7-6-13(9-22)16(10)20)23-17(11(2)26)19-25-24-18(27-19)12-4-3-5-14(21)8-12/h3-8,11,17,23,26H,1-2H3/t11-,17+/m0/s1. The first-order valence-electron chi connectivity index (χ1n) is 8.14. The zero-order valence-corrected chi connectivity index (χ0v) is 15.3. The largest absolute Gasteiger partial charge is 0.418 e. The molecular formula is C19H16ClFN4O2. The molecule has 3 rings (SSSR count). The van der Waals surface area contributed by atoms with Gasteiger partial charge in [0.25, 0.3) is 0 Å². The molecule has 0 saturated carbocycles. The van der Waals surface area contributed by atoms with Crippen LogP contribution in [0.25, 0.3) is 11.5 Å². The quantitative estimate of drug-likeness (QED) is 0.680. The van der Waals surface area contributed by atoms with E-state index < -0.39 is 18.0 Å². The van der Waals surface area contributed by atoms with Crippen LogP contribution in [-0.4, -0.2) is 21.4 Å². The molecule has 138 valence electrons. The summed E-state index contributed by atoms with van der Waals surface area (Å²) in [5, 5.41) is 30.6. The van der Waals surface area contributed by atoms with E-state index >= 15 is 0 Å². The highest BCUT2D eigenvalue weighted by Crippen LogP contribution is 2.31. The number of nitriles is 1. The van der Waals surface area contributed by atoms with Crippen molar-refractivity contribution in [2.45, 2.75) is 26.0 Å². The molecule has 2 aromatic carbocycles. The minimum Gasteiger partial charge on any atom is -0.418 e. The number of anilines is 1. The van der Waals surface area contributed by atoms with Crippen molar-refractivity contribution >= 4 is 17.3 Å². The van der Waals surface area contributed by atoms with E-state index in [-0.39, 0.29) is 11.8 Å². The van der Waals surface area contributed by atoms with Crippen LogP contribution in [0.3, 0.4) is 0 Å². The number of nitrogens with zero attached hydrogens (tertiary/aromatic N) is 3. The van der Waals surface area contributed by atoms with Gasteiger partial charge in [-0.1, -0.05) is 17.7 Å². The van der Waals surface area contributed by atoms with E-state index in [1.165, 1.54) is 12.1 Å². The second-order valence-corrected chi connectivity index (χ2v) is 6.41. The van der Waals surface area contributed by atoms with Crippen LogP contribution in [0.1, 0.15) is 30.0 Å². The number of aliphatic hydroxyl groups is 1. The summed E-state index contributed by atoms with van der Waals surface area (Å²) in [7, 11) is 0. The Morgan fingerprint density at radius 3 is 2.74 bits per heavy atom. The first-order valence-corrected chi connectivity index (χ1v) is 8.51. The molecule has 0 radical (unpaired) electrons. The fourth-order valence-electron chi connectivity index (χ4n) is 2.58. The van der Waals surface area contributed by atoms with Crippen LogP contribution in [0, 0.1) is 24.1 Å². The van der Waals surface area contributed by atoms with Crippen LogP contribution in [0.2, 0.25) is 5.02 Å². The topological polar surface area (TPSA) is 95.0 Å². The Hall–Kier alpha value is -2.95. The van der Waals surface area contributed by atoms with Crippen LogP contribution in [0.5, 0.6) is 0 Å². The maximum Gasteiger partial charge on any atom is 0.247 e. The average Bonchev–Trinajstić information content (AvgIpc) is 3.12. The maximum atomic E-state index is 13.4. The maximum absolute atomic E-state index is 13.4. The van der Waals surface area contributed by atoms with E-state index in [0.29, 0.717) is 27.4 Å². The zero-order chi connectivity index (χ0) is 19.6. The van der Waals surface area contributed by atoms with Crippen LogP contribution < -0.4 is 5.32 Å². The second-order valence-electron chi connectivity index (χ2n) is 6.03. The second kappa shape index (κ2) is 7.74. The summed E-state index contributed by atoms with van der Waals surface area (Å²) in [4.78, 5) is 0. The molecule has 0 aliphatic rings. The van der Waals surface area contributed by atoms with Crippen LogP contribution in [0.15, 0.2) is 40.8 Å². The highest BCUT2D eigenvalue weighted by Gasteiger charge is 2.25. The number of benzene rings is 2. The van der Waals surface area contributed by atoms with E-state index in [1.54, 1.807) is 38.1 Å². The number of hydrogen-bond donors (Lipinski definition) is 2. The summed E-state index contributed by atoms with van der Waals surface area (Å²) in [6, 6.07) is 10.4. The minimum atomic E-state index is -0.875. The summed E-state index contributed by atoms with van der Waals surface area (Å²) in [5.41, 5.74) is 2.08. The molecule has 3 aromatic rings. The summed E-state index contributed by atoms with van der Waals surface area (Å²) >= 11 is 6.19. The van der Waals surface area contributed by atoms with Gasteiger partial charge in [0, 0.05) is 11.3 Å². The summed E-state index contributed by atoms with van der Waals surface area (Å²) in [6.45, 7) is 3.33. The molecule has 1 aromatic heterocycles. The Labute approximate surface area is 160 Å². The lowest BCUT2D eigenvalue weighted by Gasteiger charge is -2.21.